The fourth-order valence-electron chi connectivity index (χ4n) is 2.81. The molecule has 1 aromatic heterocycles. The molecule has 0 spiro atoms. The second kappa shape index (κ2) is 6.70. The van der Waals surface area contributed by atoms with Crippen molar-refractivity contribution in [3.63, 3.8) is 0 Å². The van der Waals surface area contributed by atoms with E-state index in [0.29, 0.717) is 18.0 Å². The van der Waals surface area contributed by atoms with E-state index in [2.05, 4.69) is 12.2 Å². The molecule has 1 aliphatic rings. The van der Waals surface area contributed by atoms with Crippen LogP contribution in [0.3, 0.4) is 0 Å². The Labute approximate surface area is 123 Å². The zero-order valence-corrected chi connectivity index (χ0v) is 12.7. The van der Waals surface area contributed by atoms with Gasteiger partial charge in [0, 0.05) is 18.0 Å². The maximum atomic E-state index is 10.8. The molecular formula is C15H23NO3S. The third kappa shape index (κ3) is 4.04. The first-order valence-electron chi connectivity index (χ1n) is 7.27. The van der Waals surface area contributed by atoms with E-state index in [0.717, 1.165) is 36.5 Å². The fourth-order valence-corrected chi connectivity index (χ4v) is 3.62. The number of thiophene rings is 1. The average molecular weight is 297 g/mol. The summed E-state index contributed by atoms with van der Waals surface area (Å²) in [6.45, 7) is 3.42. The molecule has 2 rings (SSSR count). The van der Waals surface area contributed by atoms with Crippen LogP contribution in [0.5, 0.6) is 0 Å². The van der Waals surface area contributed by atoms with E-state index in [-0.39, 0.29) is 0 Å². The van der Waals surface area contributed by atoms with Gasteiger partial charge in [0.25, 0.3) is 0 Å². The quantitative estimate of drug-likeness (QED) is 0.755. The Hall–Kier alpha value is -0.910. The number of hydrogen-bond acceptors (Lipinski definition) is 4. The van der Waals surface area contributed by atoms with Gasteiger partial charge in [-0.3, -0.25) is 0 Å². The minimum Gasteiger partial charge on any atom is -0.477 e. The van der Waals surface area contributed by atoms with Crippen molar-refractivity contribution in [1.82, 2.24) is 5.32 Å². The van der Waals surface area contributed by atoms with Crippen LogP contribution in [0, 0.1) is 5.92 Å². The molecule has 5 heteroatoms. The molecule has 3 N–H and O–H groups in total. The van der Waals surface area contributed by atoms with Crippen molar-refractivity contribution < 1.29 is 15.0 Å². The predicted octanol–water partition coefficient (Wildman–Crippen LogP) is 2.87. The number of hydrogen-bond donors (Lipinski definition) is 3. The van der Waals surface area contributed by atoms with Crippen molar-refractivity contribution in [2.75, 3.05) is 6.54 Å². The molecule has 1 aliphatic carbocycles. The van der Waals surface area contributed by atoms with Gasteiger partial charge in [0.15, 0.2) is 0 Å². The van der Waals surface area contributed by atoms with Crippen molar-refractivity contribution in [3.05, 3.63) is 21.9 Å². The average Bonchev–Trinajstić information content (AvgIpc) is 2.89. The maximum absolute atomic E-state index is 10.8. The highest BCUT2D eigenvalue weighted by Crippen LogP contribution is 2.33. The first kappa shape index (κ1) is 15.5. The Morgan fingerprint density at radius 1 is 1.45 bits per heavy atom. The van der Waals surface area contributed by atoms with Crippen LogP contribution >= 0.6 is 11.3 Å². The minimum absolute atomic E-state index is 0.365. The van der Waals surface area contributed by atoms with Crippen molar-refractivity contribution in [3.8, 4) is 0 Å². The number of carboxylic acids is 1. The molecular weight excluding hydrogens is 274 g/mol. The third-order valence-corrected chi connectivity index (χ3v) is 5.31. The summed E-state index contributed by atoms with van der Waals surface area (Å²) in [4.78, 5) is 12.2. The topological polar surface area (TPSA) is 69.6 Å². The summed E-state index contributed by atoms with van der Waals surface area (Å²) < 4.78 is 0. The molecule has 0 amide bonds. The molecule has 0 saturated heterocycles. The van der Waals surface area contributed by atoms with E-state index in [1.54, 1.807) is 6.07 Å². The van der Waals surface area contributed by atoms with Gasteiger partial charge < -0.3 is 15.5 Å². The van der Waals surface area contributed by atoms with Crippen LogP contribution in [0.1, 0.15) is 53.6 Å². The number of aromatic carboxylic acids is 1. The summed E-state index contributed by atoms with van der Waals surface area (Å²) in [5, 5.41) is 22.6. The Balaban J connectivity index is 1.76. The van der Waals surface area contributed by atoms with Gasteiger partial charge >= 0.3 is 5.97 Å². The number of nitrogens with one attached hydrogen (secondary N) is 1. The standard InChI is InChI=1S/C15H23NO3S/c1-2-11-5-7-15(19,8-6-11)10-16-9-12-3-4-13(20-12)14(17)18/h3-4,11,16,19H,2,5-10H2,1H3,(H,17,18). The van der Waals surface area contributed by atoms with Gasteiger partial charge in [0.05, 0.1) is 5.60 Å². The number of rotatable bonds is 6. The van der Waals surface area contributed by atoms with Crippen LogP contribution in [0.4, 0.5) is 0 Å². The second-order valence-electron chi connectivity index (χ2n) is 5.75. The van der Waals surface area contributed by atoms with Gasteiger partial charge in [-0.2, -0.15) is 0 Å². The summed E-state index contributed by atoms with van der Waals surface area (Å²) in [6.07, 6.45) is 5.15. The number of aliphatic hydroxyl groups is 1. The van der Waals surface area contributed by atoms with Crippen LogP contribution < -0.4 is 5.32 Å². The molecule has 1 saturated carbocycles. The van der Waals surface area contributed by atoms with E-state index in [1.165, 1.54) is 17.8 Å². The summed E-state index contributed by atoms with van der Waals surface area (Å²) in [7, 11) is 0. The molecule has 1 fully saturated rings. The summed E-state index contributed by atoms with van der Waals surface area (Å²) in [5.41, 5.74) is -0.585. The Bertz CT molecular complexity index is 450. The largest absolute Gasteiger partial charge is 0.477 e. The molecule has 20 heavy (non-hydrogen) atoms. The molecule has 0 aromatic carbocycles. The monoisotopic (exact) mass is 297 g/mol. The fraction of sp³-hybridized carbons (Fsp3) is 0.667. The van der Waals surface area contributed by atoms with Gasteiger partial charge in [-0.05, 0) is 43.7 Å². The lowest BCUT2D eigenvalue weighted by molar-refractivity contribution is -0.00877. The number of carboxylic acid groups (broad SMARTS) is 1. The van der Waals surface area contributed by atoms with E-state index < -0.39 is 11.6 Å². The van der Waals surface area contributed by atoms with Crippen molar-refractivity contribution >= 4 is 17.3 Å². The zero-order chi connectivity index (χ0) is 14.6. The molecule has 0 atom stereocenters. The third-order valence-electron chi connectivity index (χ3n) is 4.24. The Morgan fingerprint density at radius 2 is 2.15 bits per heavy atom. The van der Waals surface area contributed by atoms with Gasteiger partial charge in [-0.15, -0.1) is 11.3 Å². The minimum atomic E-state index is -0.877. The molecule has 112 valence electrons. The summed E-state index contributed by atoms with van der Waals surface area (Å²) >= 11 is 1.29. The second-order valence-corrected chi connectivity index (χ2v) is 6.92. The van der Waals surface area contributed by atoms with Crippen LogP contribution in [0.15, 0.2) is 12.1 Å². The zero-order valence-electron chi connectivity index (χ0n) is 11.9. The van der Waals surface area contributed by atoms with E-state index in [4.69, 9.17) is 5.11 Å². The van der Waals surface area contributed by atoms with E-state index in [9.17, 15) is 9.90 Å². The lowest BCUT2D eigenvalue weighted by Crippen LogP contribution is -2.43. The van der Waals surface area contributed by atoms with Crippen LogP contribution in [-0.2, 0) is 6.54 Å². The summed E-state index contributed by atoms with van der Waals surface area (Å²) in [5.74, 6) is -0.108. The van der Waals surface area contributed by atoms with Crippen molar-refractivity contribution in [1.29, 1.82) is 0 Å². The summed E-state index contributed by atoms with van der Waals surface area (Å²) in [6, 6.07) is 3.46. The molecule has 0 unspecified atom stereocenters. The van der Waals surface area contributed by atoms with Gasteiger partial charge in [-0.1, -0.05) is 13.3 Å². The Morgan fingerprint density at radius 3 is 2.70 bits per heavy atom. The van der Waals surface area contributed by atoms with Crippen LogP contribution in [-0.4, -0.2) is 28.3 Å². The first-order valence-corrected chi connectivity index (χ1v) is 8.09. The van der Waals surface area contributed by atoms with Crippen LogP contribution in [0.25, 0.3) is 0 Å². The lowest BCUT2D eigenvalue weighted by Gasteiger charge is -2.36. The van der Waals surface area contributed by atoms with Crippen molar-refractivity contribution in [2.24, 2.45) is 5.92 Å². The van der Waals surface area contributed by atoms with Gasteiger partial charge in [-0.25, -0.2) is 4.79 Å². The molecule has 1 heterocycles. The number of carbonyl (C=O) groups is 1. The van der Waals surface area contributed by atoms with Gasteiger partial charge in [0.1, 0.15) is 4.88 Å². The molecule has 0 radical (unpaired) electrons. The van der Waals surface area contributed by atoms with Gasteiger partial charge in [0.2, 0.25) is 0 Å². The maximum Gasteiger partial charge on any atom is 0.345 e. The molecule has 4 nitrogen and oxygen atoms in total. The highest BCUT2D eigenvalue weighted by atomic mass is 32.1. The predicted molar refractivity (Wildman–Crippen MR) is 80.2 cm³/mol. The SMILES string of the molecule is CCC1CCC(O)(CNCc2ccc(C(=O)O)s2)CC1. The van der Waals surface area contributed by atoms with E-state index >= 15 is 0 Å². The highest BCUT2D eigenvalue weighted by Gasteiger charge is 2.32. The Kier molecular flexibility index (Phi) is 5.18. The van der Waals surface area contributed by atoms with E-state index in [1.807, 2.05) is 6.07 Å². The highest BCUT2D eigenvalue weighted by molar-refractivity contribution is 7.13. The van der Waals surface area contributed by atoms with Crippen LogP contribution in [0.2, 0.25) is 0 Å². The molecule has 1 aromatic rings. The van der Waals surface area contributed by atoms with Crippen molar-refractivity contribution in [2.45, 2.75) is 51.2 Å². The lowest BCUT2D eigenvalue weighted by atomic mass is 9.78. The molecule has 0 bridgehead atoms. The first-order chi connectivity index (χ1) is 9.52. The normalized spacial score (nSPS) is 26.6. The molecule has 0 aliphatic heterocycles. The smallest absolute Gasteiger partial charge is 0.345 e.